The summed E-state index contributed by atoms with van der Waals surface area (Å²) in [7, 11) is 0. The summed E-state index contributed by atoms with van der Waals surface area (Å²) in [6, 6.07) is 0. The van der Waals surface area contributed by atoms with Crippen LogP contribution < -0.4 is 0 Å². The van der Waals surface area contributed by atoms with Crippen LogP contribution in [-0.2, 0) is 4.79 Å². The van der Waals surface area contributed by atoms with Gasteiger partial charge in [0.1, 0.15) is 0 Å². The van der Waals surface area contributed by atoms with E-state index in [0.717, 1.165) is 24.7 Å². The van der Waals surface area contributed by atoms with Gasteiger partial charge in [0.25, 0.3) is 0 Å². The van der Waals surface area contributed by atoms with Crippen LogP contribution in [-0.4, -0.2) is 11.7 Å². The summed E-state index contributed by atoms with van der Waals surface area (Å²) in [5.41, 5.74) is 0.246. The van der Waals surface area contributed by atoms with Crippen molar-refractivity contribution in [1.82, 2.24) is 0 Å². The first kappa shape index (κ1) is 12.6. The Hall–Kier alpha value is -0.470. The molecule has 0 amide bonds. The Bertz CT molecular complexity index is 321. The van der Waals surface area contributed by atoms with Gasteiger partial charge in [0, 0.05) is 13.3 Å². The molecule has 4 fully saturated rings. The van der Waals surface area contributed by atoms with Gasteiger partial charge in [-0.25, -0.2) is 0 Å². The highest BCUT2D eigenvalue weighted by atomic mass is 19.3. The predicted octanol–water partition coefficient (Wildman–Crippen LogP) is 4.21. The third kappa shape index (κ3) is 2.21. The standard InChI is InChI=1S/C15H22F2O/c1-14(16,17)13(18)2-3-15-7-10-4-11(8-15)6-12(5-10)9-15/h10-12H,2-9H2,1H3. The SMILES string of the molecule is CC(F)(F)C(=O)CCC12CC3CC(CC(C3)C1)C2. The van der Waals surface area contributed by atoms with Gasteiger partial charge >= 0.3 is 5.92 Å². The summed E-state index contributed by atoms with van der Waals surface area (Å²) >= 11 is 0. The molecule has 4 rings (SSSR count). The van der Waals surface area contributed by atoms with Crippen LogP contribution in [0.5, 0.6) is 0 Å². The van der Waals surface area contributed by atoms with Crippen LogP contribution in [0.4, 0.5) is 8.78 Å². The van der Waals surface area contributed by atoms with Crippen molar-refractivity contribution in [2.75, 3.05) is 0 Å². The quantitative estimate of drug-likeness (QED) is 0.736. The third-order valence-corrected chi connectivity index (χ3v) is 5.54. The second-order valence-electron chi connectivity index (χ2n) is 7.23. The number of carbonyl (C=O) groups is 1. The van der Waals surface area contributed by atoms with E-state index in [1.54, 1.807) is 0 Å². The van der Waals surface area contributed by atoms with Crippen molar-refractivity contribution in [3.8, 4) is 0 Å². The number of hydrogen-bond donors (Lipinski definition) is 0. The van der Waals surface area contributed by atoms with Crippen molar-refractivity contribution in [2.45, 2.75) is 64.2 Å². The molecular formula is C15H22F2O. The minimum atomic E-state index is -3.14. The maximum Gasteiger partial charge on any atom is 0.302 e. The van der Waals surface area contributed by atoms with Gasteiger partial charge in [-0.1, -0.05) is 0 Å². The van der Waals surface area contributed by atoms with Crippen LogP contribution in [0.1, 0.15) is 58.3 Å². The molecule has 0 aromatic heterocycles. The summed E-state index contributed by atoms with van der Waals surface area (Å²) < 4.78 is 25.9. The molecule has 0 aromatic rings. The molecule has 0 saturated heterocycles. The van der Waals surface area contributed by atoms with Crippen molar-refractivity contribution < 1.29 is 13.6 Å². The van der Waals surface area contributed by atoms with Crippen LogP contribution in [0.2, 0.25) is 0 Å². The smallest absolute Gasteiger partial charge is 0.293 e. The van der Waals surface area contributed by atoms with E-state index in [9.17, 15) is 13.6 Å². The fraction of sp³-hybridized carbons (Fsp3) is 0.933. The van der Waals surface area contributed by atoms with Gasteiger partial charge in [-0.15, -0.1) is 0 Å². The second kappa shape index (κ2) is 4.01. The molecule has 1 nitrogen and oxygen atoms in total. The first-order valence-electron chi connectivity index (χ1n) is 7.27. The molecule has 0 radical (unpaired) electrons. The minimum absolute atomic E-state index is 0.0790. The van der Waals surface area contributed by atoms with Crippen LogP contribution in [0.3, 0.4) is 0 Å². The van der Waals surface area contributed by atoms with Crippen molar-refractivity contribution >= 4 is 5.78 Å². The molecule has 3 heteroatoms. The first-order chi connectivity index (χ1) is 8.36. The topological polar surface area (TPSA) is 17.1 Å². The van der Waals surface area contributed by atoms with E-state index in [4.69, 9.17) is 0 Å². The summed E-state index contributed by atoms with van der Waals surface area (Å²) in [6.07, 6.45) is 8.45. The lowest BCUT2D eigenvalue weighted by Gasteiger charge is -2.57. The number of alkyl halides is 2. The molecule has 4 saturated carbocycles. The molecule has 0 spiro atoms. The van der Waals surface area contributed by atoms with Gasteiger partial charge in [0.15, 0.2) is 0 Å². The van der Waals surface area contributed by atoms with Gasteiger partial charge in [-0.05, 0) is 68.1 Å². The van der Waals surface area contributed by atoms with E-state index in [2.05, 4.69) is 0 Å². The van der Waals surface area contributed by atoms with E-state index in [1.807, 2.05) is 0 Å². The normalized spacial score (nSPS) is 42.3. The van der Waals surface area contributed by atoms with Crippen LogP contribution in [0.25, 0.3) is 0 Å². The summed E-state index contributed by atoms with van der Waals surface area (Å²) in [5.74, 6) is -1.52. The van der Waals surface area contributed by atoms with E-state index in [0.29, 0.717) is 6.42 Å². The zero-order valence-electron chi connectivity index (χ0n) is 11.1. The number of ketones is 1. The lowest BCUT2D eigenvalue weighted by atomic mass is 9.48. The Kier molecular flexibility index (Phi) is 2.80. The number of carbonyl (C=O) groups excluding carboxylic acids is 1. The summed E-state index contributed by atoms with van der Waals surface area (Å²) in [5, 5.41) is 0. The van der Waals surface area contributed by atoms with Crippen molar-refractivity contribution in [2.24, 2.45) is 23.2 Å². The molecule has 4 bridgehead atoms. The van der Waals surface area contributed by atoms with Crippen molar-refractivity contribution in [3.05, 3.63) is 0 Å². The van der Waals surface area contributed by atoms with Crippen LogP contribution in [0, 0.1) is 23.2 Å². The number of Topliss-reactive ketones (excluding diaryl/α,β-unsaturated/α-hetero) is 1. The Morgan fingerprint density at radius 1 is 1.11 bits per heavy atom. The maximum absolute atomic E-state index is 12.9. The average Bonchev–Trinajstić information content (AvgIpc) is 2.22. The molecule has 0 atom stereocenters. The molecular weight excluding hydrogens is 234 g/mol. The predicted molar refractivity (Wildman–Crippen MR) is 65.5 cm³/mol. The molecule has 0 N–H and O–H groups in total. The van der Waals surface area contributed by atoms with Crippen LogP contribution >= 0.6 is 0 Å². The molecule has 4 aliphatic carbocycles. The van der Waals surface area contributed by atoms with Gasteiger partial charge < -0.3 is 0 Å². The highest BCUT2D eigenvalue weighted by Crippen LogP contribution is 2.61. The molecule has 18 heavy (non-hydrogen) atoms. The van der Waals surface area contributed by atoms with Crippen molar-refractivity contribution in [1.29, 1.82) is 0 Å². The van der Waals surface area contributed by atoms with Crippen molar-refractivity contribution in [3.63, 3.8) is 0 Å². The van der Waals surface area contributed by atoms with Gasteiger partial charge in [0.05, 0.1) is 0 Å². The Morgan fingerprint density at radius 3 is 1.94 bits per heavy atom. The van der Waals surface area contributed by atoms with E-state index in [-0.39, 0.29) is 11.8 Å². The molecule has 102 valence electrons. The molecule has 0 heterocycles. The molecule has 0 aromatic carbocycles. The zero-order valence-corrected chi connectivity index (χ0v) is 11.1. The Labute approximate surface area is 107 Å². The fourth-order valence-electron chi connectivity index (χ4n) is 5.19. The van der Waals surface area contributed by atoms with E-state index >= 15 is 0 Å². The lowest BCUT2D eigenvalue weighted by molar-refractivity contribution is -0.142. The lowest BCUT2D eigenvalue weighted by Crippen LogP contribution is -2.46. The third-order valence-electron chi connectivity index (χ3n) is 5.54. The molecule has 4 aliphatic rings. The highest BCUT2D eigenvalue weighted by molar-refractivity contribution is 5.85. The fourth-order valence-corrected chi connectivity index (χ4v) is 5.19. The zero-order chi connectivity index (χ0) is 13.0. The summed E-state index contributed by atoms with van der Waals surface area (Å²) in [6.45, 7) is 0.731. The summed E-state index contributed by atoms with van der Waals surface area (Å²) in [4.78, 5) is 11.4. The van der Waals surface area contributed by atoms with E-state index in [1.165, 1.54) is 38.5 Å². The number of rotatable bonds is 4. The van der Waals surface area contributed by atoms with E-state index < -0.39 is 11.7 Å². The second-order valence-corrected chi connectivity index (χ2v) is 7.23. The number of halogens is 2. The Balaban J connectivity index is 1.64. The maximum atomic E-state index is 12.9. The van der Waals surface area contributed by atoms with Gasteiger partial charge in [-0.3, -0.25) is 4.79 Å². The highest BCUT2D eigenvalue weighted by Gasteiger charge is 2.50. The molecule has 0 aliphatic heterocycles. The average molecular weight is 256 g/mol. The largest absolute Gasteiger partial charge is 0.302 e. The Morgan fingerprint density at radius 2 is 1.56 bits per heavy atom. The monoisotopic (exact) mass is 256 g/mol. The van der Waals surface area contributed by atoms with Gasteiger partial charge in [0.2, 0.25) is 5.78 Å². The first-order valence-corrected chi connectivity index (χ1v) is 7.27. The van der Waals surface area contributed by atoms with Crippen LogP contribution in [0.15, 0.2) is 0 Å². The molecule has 0 unspecified atom stereocenters. The number of hydrogen-bond acceptors (Lipinski definition) is 1. The minimum Gasteiger partial charge on any atom is -0.293 e. The van der Waals surface area contributed by atoms with Gasteiger partial charge in [-0.2, -0.15) is 8.78 Å².